The van der Waals surface area contributed by atoms with Crippen LogP contribution in [0.4, 0.5) is 21.0 Å². The number of anilines is 1. The fourth-order valence-electron chi connectivity index (χ4n) is 1.99. The Morgan fingerprint density at radius 1 is 0.964 bits per heavy atom. The van der Waals surface area contributed by atoms with E-state index in [0.29, 0.717) is 4.90 Å². The third-order valence-corrected chi connectivity index (χ3v) is 2.99. The smallest absolute Gasteiger partial charge is 0.424 e. The van der Waals surface area contributed by atoms with Gasteiger partial charge in [0.1, 0.15) is 11.2 Å². The highest BCUT2D eigenvalue weighted by Crippen LogP contribution is 2.30. The largest absolute Gasteiger partial charge is 0.465 e. The number of hydrogen-bond donors (Lipinski definition) is 0. The van der Waals surface area contributed by atoms with Gasteiger partial charge in [0.15, 0.2) is 0 Å². The van der Waals surface area contributed by atoms with Crippen molar-refractivity contribution in [2.24, 2.45) is 0 Å². The Morgan fingerprint density at radius 2 is 1.43 bits per heavy atom. The van der Waals surface area contributed by atoms with E-state index in [1.807, 2.05) is 0 Å². The standard InChI is InChI=1S/C18H24N2O8/c1-17(2,3)27-15(22)19(16(23)28-18(4,5)6)13-10-11(20(24)25)8-9-12(13)14(21)26-7/h8-10H,1-7H3. The summed E-state index contributed by atoms with van der Waals surface area (Å²) in [6.07, 6.45) is -2.32. The molecule has 0 N–H and O–H groups in total. The van der Waals surface area contributed by atoms with E-state index in [1.165, 1.54) is 0 Å². The first-order chi connectivity index (χ1) is 12.7. The number of nitro groups is 1. The van der Waals surface area contributed by atoms with E-state index in [0.717, 1.165) is 25.3 Å². The van der Waals surface area contributed by atoms with Crippen molar-refractivity contribution in [1.29, 1.82) is 0 Å². The average Bonchev–Trinajstić information content (AvgIpc) is 2.50. The van der Waals surface area contributed by atoms with Gasteiger partial charge in [-0.3, -0.25) is 10.1 Å². The van der Waals surface area contributed by atoms with Crippen molar-refractivity contribution in [3.63, 3.8) is 0 Å². The predicted molar refractivity (Wildman–Crippen MR) is 99.4 cm³/mol. The van der Waals surface area contributed by atoms with Crippen LogP contribution in [0.1, 0.15) is 51.9 Å². The number of methoxy groups -OCH3 is 1. The third kappa shape index (κ3) is 6.22. The first-order valence-electron chi connectivity index (χ1n) is 8.29. The summed E-state index contributed by atoms with van der Waals surface area (Å²) >= 11 is 0. The minimum atomic E-state index is -1.16. The van der Waals surface area contributed by atoms with Gasteiger partial charge in [0, 0.05) is 12.1 Å². The summed E-state index contributed by atoms with van der Waals surface area (Å²) in [5.41, 5.74) is -3.04. The highest BCUT2D eigenvalue weighted by atomic mass is 16.6. The fourth-order valence-corrected chi connectivity index (χ4v) is 1.99. The normalized spacial score (nSPS) is 11.4. The number of imide groups is 1. The van der Waals surface area contributed by atoms with Gasteiger partial charge in [-0.25, -0.2) is 14.4 Å². The lowest BCUT2D eigenvalue weighted by Crippen LogP contribution is -2.44. The molecule has 0 saturated carbocycles. The second-order valence-corrected chi connectivity index (χ2v) is 7.75. The Morgan fingerprint density at radius 3 is 1.79 bits per heavy atom. The van der Waals surface area contributed by atoms with Crippen molar-refractivity contribution in [2.75, 3.05) is 12.0 Å². The van der Waals surface area contributed by atoms with Crippen molar-refractivity contribution in [3.8, 4) is 0 Å². The Hall–Kier alpha value is -3.17. The zero-order valence-electron chi connectivity index (χ0n) is 16.9. The quantitative estimate of drug-likeness (QED) is 0.324. The van der Waals surface area contributed by atoms with E-state index < -0.39 is 40.0 Å². The number of nitrogens with zero attached hydrogens (tertiary/aromatic N) is 2. The number of non-ortho nitro benzene ring substituents is 1. The molecule has 0 saturated heterocycles. The molecule has 0 aliphatic heterocycles. The van der Waals surface area contributed by atoms with Gasteiger partial charge in [-0.2, -0.15) is 4.90 Å². The lowest BCUT2D eigenvalue weighted by molar-refractivity contribution is -0.384. The van der Waals surface area contributed by atoms with Gasteiger partial charge >= 0.3 is 18.2 Å². The molecule has 0 spiro atoms. The van der Waals surface area contributed by atoms with Crippen molar-refractivity contribution in [2.45, 2.75) is 52.7 Å². The van der Waals surface area contributed by atoms with E-state index in [4.69, 9.17) is 9.47 Å². The molecule has 1 rings (SSSR count). The molecule has 0 aromatic heterocycles. The number of amides is 2. The molecule has 0 atom stereocenters. The van der Waals surface area contributed by atoms with Crippen LogP contribution in [-0.4, -0.2) is 41.4 Å². The van der Waals surface area contributed by atoms with Crippen LogP contribution < -0.4 is 4.90 Å². The maximum absolute atomic E-state index is 12.7. The van der Waals surface area contributed by atoms with Crippen LogP contribution in [0.15, 0.2) is 18.2 Å². The van der Waals surface area contributed by atoms with Crippen LogP contribution in [0.2, 0.25) is 0 Å². The molecule has 10 heteroatoms. The molecule has 1 aromatic rings. The summed E-state index contributed by atoms with van der Waals surface area (Å²) in [4.78, 5) is 48.4. The topological polar surface area (TPSA) is 125 Å². The summed E-state index contributed by atoms with van der Waals surface area (Å²) in [6, 6.07) is 3.04. The molecule has 0 aliphatic carbocycles. The van der Waals surface area contributed by atoms with Crippen molar-refractivity contribution in [1.82, 2.24) is 0 Å². The molecular weight excluding hydrogens is 372 g/mol. The first kappa shape index (κ1) is 22.9. The number of hydrogen-bond acceptors (Lipinski definition) is 8. The second-order valence-electron chi connectivity index (χ2n) is 7.75. The van der Waals surface area contributed by atoms with Gasteiger partial charge in [0.2, 0.25) is 0 Å². The molecule has 10 nitrogen and oxygen atoms in total. The van der Waals surface area contributed by atoms with Gasteiger partial charge in [-0.15, -0.1) is 0 Å². The van der Waals surface area contributed by atoms with Gasteiger partial charge in [0.25, 0.3) is 5.69 Å². The van der Waals surface area contributed by atoms with Crippen LogP contribution in [0.3, 0.4) is 0 Å². The number of carbonyl (C=O) groups is 3. The minimum Gasteiger partial charge on any atom is -0.465 e. The van der Waals surface area contributed by atoms with Crippen LogP contribution in [0, 0.1) is 10.1 Å². The third-order valence-electron chi connectivity index (χ3n) is 2.99. The Balaban J connectivity index is 3.64. The summed E-state index contributed by atoms with van der Waals surface area (Å²) in [7, 11) is 1.10. The molecule has 154 valence electrons. The van der Waals surface area contributed by atoms with E-state index in [2.05, 4.69) is 4.74 Å². The Labute approximate surface area is 162 Å². The first-order valence-corrected chi connectivity index (χ1v) is 8.29. The Kier molecular flexibility index (Phi) is 6.73. The monoisotopic (exact) mass is 396 g/mol. The predicted octanol–water partition coefficient (Wildman–Crippen LogP) is 4.06. The molecular formula is C18H24N2O8. The number of nitro benzene ring substituents is 1. The SMILES string of the molecule is COC(=O)c1ccc([N+](=O)[O-])cc1N(C(=O)OC(C)(C)C)C(=O)OC(C)(C)C. The number of benzene rings is 1. The summed E-state index contributed by atoms with van der Waals surface area (Å²) < 4.78 is 15.1. The van der Waals surface area contributed by atoms with Gasteiger partial charge in [-0.05, 0) is 47.6 Å². The van der Waals surface area contributed by atoms with Gasteiger partial charge < -0.3 is 14.2 Å². The summed E-state index contributed by atoms with van der Waals surface area (Å²) in [5.74, 6) is -0.901. The minimum absolute atomic E-state index is 0.246. The van der Waals surface area contributed by atoms with E-state index in [1.54, 1.807) is 41.5 Å². The average molecular weight is 396 g/mol. The summed E-state index contributed by atoms with van der Waals surface area (Å²) in [6.45, 7) is 9.46. The molecule has 0 bridgehead atoms. The molecule has 0 fully saturated rings. The molecule has 0 heterocycles. The van der Waals surface area contributed by atoms with Crippen LogP contribution in [0.25, 0.3) is 0 Å². The van der Waals surface area contributed by atoms with Crippen LogP contribution in [-0.2, 0) is 14.2 Å². The maximum Gasteiger partial charge on any atom is 0.424 e. The molecule has 0 aliphatic rings. The van der Waals surface area contributed by atoms with Crippen molar-refractivity contribution in [3.05, 3.63) is 33.9 Å². The lowest BCUT2D eigenvalue weighted by atomic mass is 10.1. The zero-order chi connectivity index (χ0) is 21.9. The van der Waals surface area contributed by atoms with Gasteiger partial charge in [0.05, 0.1) is 23.3 Å². The molecule has 2 amide bonds. The number of ether oxygens (including phenoxy) is 3. The number of rotatable bonds is 3. The second kappa shape index (κ2) is 8.24. The molecule has 28 heavy (non-hydrogen) atoms. The number of carbonyl (C=O) groups excluding carboxylic acids is 3. The maximum atomic E-state index is 12.7. The molecule has 0 radical (unpaired) electrons. The highest BCUT2D eigenvalue weighted by molar-refractivity contribution is 6.13. The Bertz CT molecular complexity index is 762. The molecule has 1 aromatic carbocycles. The van der Waals surface area contributed by atoms with Crippen LogP contribution in [0.5, 0.6) is 0 Å². The van der Waals surface area contributed by atoms with Crippen molar-refractivity contribution < 1.29 is 33.5 Å². The summed E-state index contributed by atoms with van der Waals surface area (Å²) in [5, 5.41) is 11.2. The molecule has 0 unspecified atom stereocenters. The van der Waals surface area contributed by atoms with E-state index >= 15 is 0 Å². The highest BCUT2D eigenvalue weighted by Gasteiger charge is 2.36. The van der Waals surface area contributed by atoms with Gasteiger partial charge in [-0.1, -0.05) is 0 Å². The number of esters is 1. The van der Waals surface area contributed by atoms with Crippen LogP contribution >= 0.6 is 0 Å². The lowest BCUT2D eigenvalue weighted by Gasteiger charge is -2.29. The van der Waals surface area contributed by atoms with E-state index in [-0.39, 0.29) is 11.3 Å². The zero-order valence-corrected chi connectivity index (χ0v) is 16.9. The fraction of sp³-hybridized carbons (Fsp3) is 0.500. The van der Waals surface area contributed by atoms with Crippen molar-refractivity contribution >= 4 is 29.5 Å². The van der Waals surface area contributed by atoms with E-state index in [9.17, 15) is 24.5 Å².